The van der Waals surface area contributed by atoms with Crippen molar-refractivity contribution in [3.63, 3.8) is 0 Å². The van der Waals surface area contributed by atoms with E-state index in [2.05, 4.69) is 25.6 Å². The normalized spacial score (nSPS) is 10.1. The molecule has 0 amide bonds. The SMILES string of the molecule is C=C(CC)CC(=O)CSc1ccccc1C. The monoisotopic (exact) mass is 234 g/mol. The summed E-state index contributed by atoms with van der Waals surface area (Å²) in [7, 11) is 0. The van der Waals surface area contributed by atoms with Crippen LogP contribution in [0.4, 0.5) is 0 Å². The number of aryl methyl sites for hydroxylation is 1. The lowest BCUT2D eigenvalue weighted by Crippen LogP contribution is -2.02. The van der Waals surface area contributed by atoms with Gasteiger partial charge in [-0.25, -0.2) is 0 Å². The Balaban J connectivity index is 2.43. The average molecular weight is 234 g/mol. The number of Topliss-reactive ketones (excluding diaryl/α,β-unsaturated/α-hetero) is 1. The van der Waals surface area contributed by atoms with E-state index < -0.39 is 0 Å². The van der Waals surface area contributed by atoms with Gasteiger partial charge in [-0.05, 0) is 25.0 Å². The zero-order chi connectivity index (χ0) is 12.0. The number of allylic oxidation sites excluding steroid dienone is 1. The number of hydrogen-bond acceptors (Lipinski definition) is 2. The first kappa shape index (κ1) is 13.0. The van der Waals surface area contributed by atoms with Gasteiger partial charge in [0, 0.05) is 11.3 Å². The highest BCUT2D eigenvalue weighted by molar-refractivity contribution is 8.00. The van der Waals surface area contributed by atoms with Gasteiger partial charge in [0.2, 0.25) is 0 Å². The molecule has 0 aliphatic rings. The van der Waals surface area contributed by atoms with Crippen LogP contribution in [0.25, 0.3) is 0 Å². The molecular weight excluding hydrogens is 216 g/mol. The molecule has 86 valence electrons. The van der Waals surface area contributed by atoms with Gasteiger partial charge in [0.05, 0.1) is 5.75 Å². The number of thioether (sulfide) groups is 1. The van der Waals surface area contributed by atoms with E-state index in [0.717, 1.165) is 12.0 Å². The minimum absolute atomic E-state index is 0.264. The fourth-order valence-corrected chi connectivity index (χ4v) is 2.22. The highest BCUT2D eigenvalue weighted by Gasteiger charge is 2.05. The summed E-state index contributed by atoms with van der Waals surface area (Å²) in [6.45, 7) is 7.95. The minimum Gasteiger partial charge on any atom is -0.298 e. The summed E-state index contributed by atoms with van der Waals surface area (Å²) in [5.41, 5.74) is 2.25. The first-order valence-corrected chi connectivity index (χ1v) is 6.48. The van der Waals surface area contributed by atoms with Gasteiger partial charge in [-0.15, -0.1) is 11.8 Å². The molecule has 0 unspecified atom stereocenters. The molecule has 1 nitrogen and oxygen atoms in total. The Labute approximate surface area is 102 Å². The molecular formula is C14H18OS. The number of carbonyl (C=O) groups is 1. The third kappa shape index (κ3) is 4.23. The second-order valence-corrected chi connectivity index (χ2v) is 4.89. The van der Waals surface area contributed by atoms with Crippen LogP contribution in [0.2, 0.25) is 0 Å². The second-order valence-electron chi connectivity index (χ2n) is 3.87. The predicted molar refractivity (Wildman–Crippen MR) is 71.0 cm³/mol. The molecule has 0 heterocycles. The van der Waals surface area contributed by atoms with Crippen LogP contribution < -0.4 is 0 Å². The van der Waals surface area contributed by atoms with Crippen LogP contribution in [-0.4, -0.2) is 11.5 Å². The molecule has 0 atom stereocenters. The Morgan fingerprint density at radius 3 is 2.69 bits per heavy atom. The molecule has 0 aliphatic carbocycles. The number of hydrogen-bond donors (Lipinski definition) is 0. The van der Waals surface area contributed by atoms with Crippen LogP contribution in [0, 0.1) is 6.92 Å². The lowest BCUT2D eigenvalue weighted by atomic mass is 10.1. The first-order valence-electron chi connectivity index (χ1n) is 5.50. The predicted octanol–water partition coefficient (Wildman–Crippen LogP) is 4.01. The van der Waals surface area contributed by atoms with Gasteiger partial charge in [-0.1, -0.05) is 37.3 Å². The van der Waals surface area contributed by atoms with Crippen molar-refractivity contribution in [2.45, 2.75) is 31.6 Å². The third-order valence-electron chi connectivity index (χ3n) is 2.43. The number of carbonyl (C=O) groups excluding carboxylic acids is 1. The molecule has 1 aromatic rings. The summed E-state index contributed by atoms with van der Waals surface area (Å²) in [5.74, 6) is 0.809. The van der Waals surface area contributed by atoms with Gasteiger partial charge in [0.1, 0.15) is 5.78 Å². The number of rotatable bonds is 6. The number of ketones is 1. The first-order chi connectivity index (χ1) is 7.63. The summed E-state index contributed by atoms with van der Waals surface area (Å²) >= 11 is 1.62. The fourth-order valence-electron chi connectivity index (χ4n) is 1.33. The Morgan fingerprint density at radius 1 is 1.38 bits per heavy atom. The third-order valence-corrected chi connectivity index (χ3v) is 3.66. The van der Waals surface area contributed by atoms with Crippen molar-refractivity contribution >= 4 is 17.5 Å². The van der Waals surface area contributed by atoms with Gasteiger partial charge in [0.15, 0.2) is 0 Å². The lowest BCUT2D eigenvalue weighted by Gasteiger charge is -2.05. The van der Waals surface area contributed by atoms with Gasteiger partial charge >= 0.3 is 0 Å². The zero-order valence-corrected chi connectivity index (χ0v) is 10.8. The summed E-state index contributed by atoms with van der Waals surface area (Å²) in [5, 5.41) is 0. The van der Waals surface area contributed by atoms with Crippen LogP contribution in [0.1, 0.15) is 25.3 Å². The molecule has 0 aromatic heterocycles. The maximum Gasteiger partial charge on any atom is 0.147 e. The molecule has 16 heavy (non-hydrogen) atoms. The fraction of sp³-hybridized carbons (Fsp3) is 0.357. The highest BCUT2D eigenvalue weighted by Crippen LogP contribution is 2.22. The molecule has 0 bridgehead atoms. The van der Waals surface area contributed by atoms with Crippen LogP contribution in [0.15, 0.2) is 41.3 Å². The maximum atomic E-state index is 11.6. The van der Waals surface area contributed by atoms with Gasteiger partial charge in [-0.3, -0.25) is 4.79 Å². The van der Waals surface area contributed by atoms with E-state index in [0.29, 0.717) is 12.2 Å². The summed E-state index contributed by atoms with van der Waals surface area (Å²) in [6.07, 6.45) is 1.41. The smallest absolute Gasteiger partial charge is 0.147 e. The second kappa shape index (κ2) is 6.54. The van der Waals surface area contributed by atoms with Crippen LogP contribution >= 0.6 is 11.8 Å². The molecule has 1 rings (SSSR count). The Hall–Kier alpha value is -1.02. The largest absolute Gasteiger partial charge is 0.298 e. The van der Waals surface area contributed by atoms with Crippen LogP contribution in [0.3, 0.4) is 0 Å². The highest BCUT2D eigenvalue weighted by atomic mass is 32.2. The molecule has 0 radical (unpaired) electrons. The lowest BCUT2D eigenvalue weighted by molar-refractivity contribution is -0.116. The molecule has 0 saturated heterocycles. The van der Waals surface area contributed by atoms with Crippen molar-refractivity contribution in [3.8, 4) is 0 Å². The van der Waals surface area contributed by atoms with Crippen molar-refractivity contribution in [1.29, 1.82) is 0 Å². The molecule has 0 N–H and O–H groups in total. The maximum absolute atomic E-state index is 11.6. The quantitative estimate of drug-likeness (QED) is 0.546. The summed E-state index contributed by atoms with van der Waals surface area (Å²) in [6, 6.07) is 8.14. The van der Waals surface area contributed by atoms with E-state index in [-0.39, 0.29) is 5.78 Å². The summed E-state index contributed by atoms with van der Waals surface area (Å²) in [4.78, 5) is 12.8. The number of benzene rings is 1. The minimum atomic E-state index is 0.264. The Morgan fingerprint density at radius 2 is 2.06 bits per heavy atom. The van der Waals surface area contributed by atoms with Crippen molar-refractivity contribution < 1.29 is 4.79 Å². The van der Waals surface area contributed by atoms with Crippen LogP contribution in [0.5, 0.6) is 0 Å². The van der Waals surface area contributed by atoms with E-state index >= 15 is 0 Å². The molecule has 0 fully saturated rings. The van der Waals surface area contributed by atoms with E-state index in [1.165, 1.54) is 10.5 Å². The topological polar surface area (TPSA) is 17.1 Å². The van der Waals surface area contributed by atoms with Crippen molar-refractivity contribution in [1.82, 2.24) is 0 Å². The van der Waals surface area contributed by atoms with E-state index in [1.807, 2.05) is 19.1 Å². The van der Waals surface area contributed by atoms with Crippen molar-refractivity contribution in [2.75, 3.05) is 5.75 Å². The zero-order valence-electron chi connectivity index (χ0n) is 9.95. The van der Waals surface area contributed by atoms with Gasteiger partial charge in [-0.2, -0.15) is 0 Å². The average Bonchev–Trinajstić information content (AvgIpc) is 2.28. The van der Waals surface area contributed by atoms with E-state index in [9.17, 15) is 4.79 Å². The molecule has 0 saturated carbocycles. The van der Waals surface area contributed by atoms with Crippen LogP contribution in [-0.2, 0) is 4.79 Å². The van der Waals surface area contributed by atoms with Gasteiger partial charge in [0.25, 0.3) is 0 Å². The Kier molecular flexibility index (Phi) is 5.33. The molecule has 2 heteroatoms. The standard InChI is InChI=1S/C14H18OS/c1-4-11(2)9-13(15)10-16-14-8-6-5-7-12(14)3/h5-8H,2,4,9-10H2,1,3H3. The van der Waals surface area contributed by atoms with Crippen molar-refractivity contribution in [3.05, 3.63) is 42.0 Å². The molecule has 0 aliphatic heterocycles. The molecule has 0 spiro atoms. The van der Waals surface area contributed by atoms with E-state index in [4.69, 9.17) is 0 Å². The van der Waals surface area contributed by atoms with Crippen molar-refractivity contribution in [2.24, 2.45) is 0 Å². The van der Waals surface area contributed by atoms with E-state index in [1.54, 1.807) is 11.8 Å². The molecule has 1 aromatic carbocycles. The summed E-state index contributed by atoms with van der Waals surface area (Å²) < 4.78 is 0. The Bertz CT molecular complexity index is 382. The van der Waals surface area contributed by atoms with Gasteiger partial charge < -0.3 is 0 Å².